The van der Waals surface area contributed by atoms with Crippen LogP contribution in [-0.2, 0) is 14.8 Å². The topological polar surface area (TPSA) is 106 Å². The molecule has 0 spiro atoms. The zero-order chi connectivity index (χ0) is 13.9. The molecule has 0 aromatic heterocycles. The minimum absolute atomic E-state index is 0.137. The molecule has 102 valence electrons. The standard InChI is InChI=1S/C11H14N4O3S/c1-18-11-7-6-10(13-14-11)15-19(16,17)9-4-2-8(12)3-5-9/h2-7,10,13,15H,12H2,1H3. The van der Waals surface area contributed by atoms with Gasteiger partial charge in [0.05, 0.1) is 12.0 Å². The van der Waals surface area contributed by atoms with Crippen molar-refractivity contribution in [2.45, 2.75) is 11.1 Å². The second kappa shape index (κ2) is 5.29. The number of nitrogens with zero attached hydrogens (tertiary/aromatic N) is 1. The van der Waals surface area contributed by atoms with Crippen LogP contribution in [0, 0.1) is 0 Å². The van der Waals surface area contributed by atoms with Crippen molar-refractivity contribution in [3.8, 4) is 0 Å². The number of hydrazone groups is 1. The summed E-state index contributed by atoms with van der Waals surface area (Å²) in [5.74, 6) is 0.378. The van der Waals surface area contributed by atoms with Crippen LogP contribution in [0.5, 0.6) is 0 Å². The molecular formula is C11H14N4O3S. The number of hydrogen-bond donors (Lipinski definition) is 3. The summed E-state index contributed by atoms with van der Waals surface area (Å²) < 4.78 is 31.4. The Bertz CT molecular complexity index is 607. The molecule has 0 radical (unpaired) electrons. The first-order chi connectivity index (χ1) is 9.01. The van der Waals surface area contributed by atoms with E-state index in [1.165, 1.54) is 31.4 Å². The van der Waals surface area contributed by atoms with E-state index in [0.717, 1.165) is 0 Å². The van der Waals surface area contributed by atoms with Crippen LogP contribution in [0.15, 0.2) is 46.4 Å². The highest BCUT2D eigenvalue weighted by atomic mass is 32.2. The van der Waals surface area contributed by atoms with Crippen molar-refractivity contribution in [3.05, 3.63) is 36.4 Å². The maximum absolute atomic E-state index is 12.1. The van der Waals surface area contributed by atoms with Crippen molar-refractivity contribution < 1.29 is 13.2 Å². The summed E-state index contributed by atoms with van der Waals surface area (Å²) in [7, 11) is -2.15. The summed E-state index contributed by atoms with van der Waals surface area (Å²) in [5, 5.41) is 3.83. The van der Waals surface area contributed by atoms with Crippen LogP contribution in [-0.4, -0.2) is 27.6 Å². The molecule has 1 heterocycles. The molecule has 1 aliphatic rings. The number of rotatable bonds is 3. The van der Waals surface area contributed by atoms with E-state index in [1.54, 1.807) is 12.2 Å². The molecule has 1 atom stereocenters. The van der Waals surface area contributed by atoms with E-state index in [-0.39, 0.29) is 4.90 Å². The largest absolute Gasteiger partial charge is 0.480 e. The van der Waals surface area contributed by atoms with Crippen molar-refractivity contribution in [3.63, 3.8) is 0 Å². The first-order valence-corrected chi connectivity index (χ1v) is 6.93. The monoisotopic (exact) mass is 282 g/mol. The maximum Gasteiger partial charge on any atom is 0.242 e. The Morgan fingerprint density at radius 1 is 1.37 bits per heavy atom. The molecular weight excluding hydrogens is 268 g/mol. The number of nitrogens with one attached hydrogen (secondary N) is 2. The number of methoxy groups -OCH3 is 1. The summed E-state index contributed by atoms with van der Waals surface area (Å²) in [6.45, 7) is 0. The van der Waals surface area contributed by atoms with Crippen LogP contribution in [0.1, 0.15) is 0 Å². The van der Waals surface area contributed by atoms with Crippen LogP contribution >= 0.6 is 0 Å². The van der Waals surface area contributed by atoms with Gasteiger partial charge >= 0.3 is 0 Å². The van der Waals surface area contributed by atoms with Gasteiger partial charge in [0.2, 0.25) is 15.9 Å². The molecule has 1 aromatic rings. The van der Waals surface area contributed by atoms with Crippen LogP contribution < -0.4 is 15.9 Å². The lowest BCUT2D eigenvalue weighted by molar-refractivity contribution is 0.393. The molecule has 0 saturated heterocycles. The molecule has 0 aliphatic carbocycles. The molecule has 8 heteroatoms. The van der Waals surface area contributed by atoms with E-state index in [9.17, 15) is 8.42 Å². The predicted octanol–water partition coefficient (Wildman–Crippen LogP) is -0.00750. The Hall–Kier alpha value is -2.06. The third-order valence-electron chi connectivity index (χ3n) is 2.43. The fraction of sp³-hybridized carbons (Fsp3) is 0.182. The fourth-order valence-electron chi connectivity index (χ4n) is 1.45. The first kappa shape index (κ1) is 13.4. The zero-order valence-corrected chi connectivity index (χ0v) is 11.0. The quantitative estimate of drug-likeness (QED) is 0.676. The van der Waals surface area contributed by atoms with Gasteiger partial charge in [-0.1, -0.05) is 0 Å². The number of nitrogen functional groups attached to an aromatic ring is 1. The highest BCUT2D eigenvalue weighted by Crippen LogP contribution is 2.12. The van der Waals surface area contributed by atoms with E-state index in [0.29, 0.717) is 11.6 Å². The molecule has 19 heavy (non-hydrogen) atoms. The van der Waals surface area contributed by atoms with Crippen molar-refractivity contribution in [2.75, 3.05) is 12.8 Å². The normalized spacial score (nSPS) is 18.6. The predicted molar refractivity (Wildman–Crippen MR) is 71.7 cm³/mol. The van der Waals surface area contributed by atoms with E-state index >= 15 is 0 Å². The lowest BCUT2D eigenvalue weighted by Gasteiger charge is -2.18. The molecule has 2 rings (SSSR count). The van der Waals surface area contributed by atoms with E-state index in [1.807, 2.05) is 0 Å². The van der Waals surface area contributed by atoms with Gasteiger partial charge in [-0.25, -0.2) is 8.42 Å². The molecule has 1 aliphatic heterocycles. The zero-order valence-electron chi connectivity index (χ0n) is 10.2. The van der Waals surface area contributed by atoms with Gasteiger partial charge in [-0.3, -0.25) is 5.43 Å². The third kappa shape index (κ3) is 3.24. The van der Waals surface area contributed by atoms with Crippen molar-refractivity contribution in [1.29, 1.82) is 0 Å². The average molecular weight is 282 g/mol. The molecule has 1 unspecified atom stereocenters. The molecule has 0 saturated carbocycles. The van der Waals surface area contributed by atoms with Crippen LogP contribution in [0.3, 0.4) is 0 Å². The smallest absolute Gasteiger partial charge is 0.242 e. The van der Waals surface area contributed by atoms with Gasteiger partial charge in [-0.2, -0.15) is 4.72 Å². The Morgan fingerprint density at radius 3 is 2.58 bits per heavy atom. The second-order valence-corrected chi connectivity index (χ2v) is 5.52. The average Bonchev–Trinajstić information content (AvgIpc) is 2.40. The van der Waals surface area contributed by atoms with Crippen molar-refractivity contribution >= 4 is 21.6 Å². The van der Waals surface area contributed by atoms with Gasteiger partial charge < -0.3 is 10.5 Å². The number of nitrogens with two attached hydrogens (primary N) is 1. The minimum Gasteiger partial charge on any atom is -0.480 e. The number of hydrogen-bond acceptors (Lipinski definition) is 6. The van der Waals surface area contributed by atoms with Gasteiger partial charge in [0.25, 0.3) is 0 Å². The van der Waals surface area contributed by atoms with Crippen LogP contribution in [0.4, 0.5) is 5.69 Å². The molecule has 7 nitrogen and oxygen atoms in total. The van der Waals surface area contributed by atoms with Crippen LogP contribution in [0.25, 0.3) is 0 Å². The number of sulfonamides is 1. The van der Waals surface area contributed by atoms with E-state index in [4.69, 9.17) is 10.5 Å². The van der Waals surface area contributed by atoms with Crippen LogP contribution in [0.2, 0.25) is 0 Å². The highest BCUT2D eigenvalue weighted by molar-refractivity contribution is 7.89. The fourth-order valence-corrected chi connectivity index (χ4v) is 2.55. The Morgan fingerprint density at radius 2 is 2.05 bits per heavy atom. The van der Waals surface area contributed by atoms with Crippen molar-refractivity contribution in [2.24, 2.45) is 5.10 Å². The summed E-state index contributed by atoms with van der Waals surface area (Å²) in [5.41, 5.74) is 8.64. The Balaban J connectivity index is 2.09. The highest BCUT2D eigenvalue weighted by Gasteiger charge is 2.19. The summed E-state index contributed by atoms with van der Waals surface area (Å²) in [6, 6.07) is 5.93. The number of ether oxygens (including phenoxy) is 1. The van der Waals surface area contributed by atoms with Crippen molar-refractivity contribution in [1.82, 2.24) is 10.1 Å². The lowest BCUT2D eigenvalue weighted by atomic mass is 10.3. The Kier molecular flexibility index (Phi) is 3.72. The SMILES string of the molecule is COC1=NNC(NS(=O)(=O)c2ccc(N)cc2)C=C1. The molecule has 0 bridgehead atoms. The minimum atomic E-state index is -3.63. The lowest BCUT2D eigenvalue weighted by Crippen LogP contribution is -2.43. The third-order valence-corrected chi connectivity index (χ3v) is 3.88. The van der Waals surface area contributed by atoms with E-state index in [2.05, 4.69) is 15.2 Å². The maximum atomic E-state index is 12.1. The molecule has 1 aromatic carbocycles. The summed E-state index contributed by atoms with van der Waals surface area (Å²) in [6.07, 6.45) is 2.55. The molecule has 4 N–H and O–H groups in total. The molecule has 0 amide bonds. The van der Waals surface area contributed by atoms with E-state index < -0.39 is 16.2 Å². The Labute approximate surface area is 111 Å². The van der Waals surface area contributed by atoms with Gasteiger partial charge in [0, 0.05) is 11.8 Å². The summed E-state index contributed by atoms with van der Waals surface area (Å²) >= 11 is 0. The molecule has 0 fully saturated rings. The van der Waals surface area contributed by atoms with Gasteiger partial charge in [0.15, 0.2) is 0 Å². The number of benzene rings is 1. The second-order valence-electron chi connectivity index (χ2n) is 3.81. The first-order valence-electron chi connectivity index (χ1n) is 5.44. The van der Waals surface area contributed by atoms with Gasteiger partial charge in [-0.15, -0.1) is 5.10 Å². The van der Waals surface area contributed by atoms with Gasteiger partial charge in [0.1, 0.15) is 6.17 Å². The number of anilines is 1. The summed E-state index contributed by atoms with van der Waals surface area (Å²) in [4.78, 5) is 0.137. The van der Waals surface area contributed by atoms with Gasteiger partial charge in [-0.05, 0) is 30.3 Å².